The van der Waals surface area contributed by atoms with E-state index in [-0.39, 0.29) is 12.1 Å². The second kappa shape index (κ2) is 7.21. The van der Waals surface area contributed by atoms with E-state index in [1.54, 1.807) is 0 Å². The van der Waals surface area contributed by atoms with Crippen LogP contribution in [0.1, 0.15) is 46.5 Å². The van der Waals surface area contributed by atoms with Crippen molar-refractivity contribution < 1.29 is 5.11 Å². The minimum absolute atomic E-state index is 0.173. The predicted molar refractivity (Wildman–Crippen MR) is 86.1 cm³/mol. The lowest BCUT2D eigenvalue weighted by molar-refractivity contribution is 0.0117. The smallest absolute Gasteiger partial charge is 0.0611 e. The quantitative estimate of drug-likeness (QED) is 0.674. The molecule has 2 atom stereocenters. The average molecular weight is 285 g/mol. The third-order valence-corrected chi connectivity index (χ3v) is 5.23. The molecule has 2 unspecified atom stereocenters. The maximum absolute atomic E-state index is 9.64. The minimum Gasteiger partial charge on any atom is -0.394 e. The summed E-state index contributed by atoms with van der Waals surface area (Å²) >= 11 is 0. The molecule has 4 heteroatoms. The van der Waals surface area contributed by atoms with E-state index in [4.69, 9.17) is 0 Å². The van der Waals surface area contributed by atoms with Crippen LogP contribution in [0.5, 0.6) is 0 Å². The summed E-state index contributed by atoms with van der Waals surface area (Å²) in [5.74, 6) is 0. The number of aliphatic hydroxyl groups is 1. The molecule has 0 aromatic carbocycles. The van der Waals surface area contributed by atoms with Crippen LogP contribution < -0.4 is 5.32 Å². The minimum atomic E-state index is -0.173. The molecule has 0 heterocycles. The van der Waals surface area contributed by atoms with Crippen molar-refractivity contribution in [2.75, 3.05) is 40.8 Å². The van der Waals surface area contributed by atoms with Gasteiger partial charge in [0.1, 0.15) is 0 Å². The number of hydrogen-bond donors (Lipinski definition) is 2. The number of rotatable bonds is 9. The fourth-order valence-electron chi connectivity index (χ4n) is 3.38. The first kappa shape index (κ1) is 17.9. The van der Waals surface area contributed by atoms with Gasteiger partial charge in [-0.05, 0) is 67.2 Å². The number of nitrogens with zero attached hydrogens (tertiary/aromatic N) is 2. The van der Waals surface area contributed by atoms with Gasteiger partial charge >= 0.3 is 0 Å². The van der Waals surface area contributed by atoms with Crippen LogP contribution in [-0.4, -0.2) is 72.9 Å². The Morgan fingerprint density at radius 3 is 2.25 bits per heavy atom. The molecule has 20 heavy (non-hydrogen) atoms. The van der Waals surface area contributed by atoms with E-state index in [2.05, 4.69) is 57.0 Å². The van der Waals surface area contributed by atoms with Gasteiger partial charge in [-0.2, -0.15) is 0 Å². The molecule has 0 aromatic heterocycles. The van der Waals surface area contributed by atoms with E-state index < -0.39 is 0 Å². The number of nitrogens with one attached hydrogen (secondary N) is 1. The normalized spacial score (nSPS) is 22.6. The fraction of sp³-hybridized carbons (Fsp3) is 1.00. The van der Waals surface area contributed by atoms with Crippen molar-refractivity contribution in [2.45, 2.75) is 63.6 Å². The van der Waals surface area contributed by atoms with Gasteiger partial charge in [-0.3, -0.25) is 0 Å². The topological polar surface area (TPSA) is 38.7 Å². The highest BCUT2D eigenvalue weighted by atomic mass is 16.3. The van der Waals surface area contributed by atoms with Gasteiger partial charge in [0.05, 0.1) is 6.61 Å². The highest BCUT2D eigenvalue weighted by Gasteiger charge is 2.40. The molecule has 4 nitrogen and oxygen atoms in total. The van der Waals surface area contributed by atoms with Crippen LogP contribution in [0.4, 0.5) is 0 Å². The largest absolute Gasteiger partial charge is 0.394 e. The Balaban J connectivity index is 2.56. The van der Waals surface area contributed by atoms with Crippen molar-refractivity contribution in [3.8, 4) is 0 Å². The van der Waals surface area contributed by atoms with Crippen molar-refractivity contribution >= 4 is 0 Å². The van der Waals surface area contributed by atoms with Crippen LogP contribution in [0.2, 0.25) is 0 Å². The van der Waals surface area contributed by atoms with Gasteiger partial charge in [0.2, 0.25) is 0 Å². The molecule has 1 aliphatic carbocycles. The van der Waals surface area contributed by atoms with Gasteiger partial charge in [0, 0.05) is 23.7 Å². The molecule has 120 valence electrons. The van der Waals surface area contributed by atoms with Crippen molar-refractivity contribution in [3.05, 3.63) is 0 Å². The first-order valence-corrected chi connectivity index (χ1v) is 8.02. The van der Waals surface area contributed by atoms with Gasteiger partial charge < -0.3 is 20.2 Å². The molecule has 0 aromatic rings. The summed E-state index contributed by atoms with van der Waals surface area (Å²) in [6, 6.07) is 0.462. The second-order valence-corrected chi connectivity index (χ2v) is 7.19. The van der Waals surface area contributed by atoms with Crippen molar-refractivity contribution in [1.29, 1.82) is 0 Å². The summed E-state index contributed by atoms with van der Waals surface area (Å²) < 4.78 is 0. The Bertz CT molecular complexity index is 291. The second-order valence-electron chi connectivity index (χ2n) is 7.19. The lowest BCUT2D eigenvalue weighted by atomic mass is 9.75. The highest BCUT2D eigenvalue weighted by Crippen LogP contribution is 2.37. The van der Waals surface area contributed by atoms with Gasteiger partial charge in [-0.25, -0.2) is 0 Å². The molecule has 0 spiro atoms. The molecule has 1 saturated carbocycles. The molecular weight excluding hydrogens is 250 g/mol. The Morgan fingerprint density at radius 2 is 1.90 bits per heavy atom. The van der Waals surface area contributed by atoms with E-state index in [1.165, 1.54) is 19.3 Å². The fourth-order valence-corrected chi connectivity index (χ4v) is 3.38. The summed E-state index contributed by atoms with van der Waals surface area (Å²) in [5, 5.41) is 13.1. The summed E-state index contributed by atoms with van der Waals surface area (Å²) in [5.41, 5.74) is 0.199. The molecule has 1 fully saturated rings. The Labute approximate surface area is 125 Å². The lowest BCUT2D eigenvalue weighted by Crippen LogP contribution is -2.59. The van der Waals surface area contributed by atoms with Crippen LogP contribution in [0.15, 0.2) is 0 Å². The maximum atomic E-state index is 9.64. The van der Waals surface area contributed by atoms with Crippen LogP contribution in [-0.2, 0) is 0 Å². The maximum Gasteiger partial charge on any atom is 0.0611 e. The zero-order valence-corrected chi connectivity index (χ0v) is 14.4. The monoisotopic (exact) mass is 285 g/mol. The number of hydrogen-bond acceptors (Lipinski definition) is 4. The van der Waals surface area contributed by atoms with Crippen molar-refractivity contribution in [3.63, 3.8) is 0 Å². The van der Waals surface area contributed by atoms with Crippen LogP contribution >= 0.6 is 0 Å². The summed E-state index contributed by atoms with van der Waals surface area (Å²) in [6.45, 7) is 8.69. The molecule has 0 saturated heterocycles. The molecule has 0 bridgehead atoms. The Hall–Kier alpha value is -0.160. The predicted octanol–water partition coefficient (Wildman–Crippen LogP) is 1.54. The third kappa shape index (κ3) is 4.17. The molecule has 0 aliphatic heterocycles. The molecular formula is C16H35N3O. The third-order valence-electron chi connectivity index (χ3n) is 5.23. The molecule has 0 radical (unpaired) electrons. The van der Waals surface area contributed by atoms with Gasteiger partial charge in [0.15, 0.2) is 0 Å². The first-order chi connectivity index (χ1) is 9.28. The Morgan fingerprint density at radius 1 is 1.30 bits per heavy atom. The van der Waals surface area contributed by atoms with E-state index in [1.807, 2.05) is 0 Å². The van der Waals surface area contributed by atoms with Crippen LogP contribution in [0.25, 0.3) is 0 Å². The average Bonchev–Trinajstić information content (AvgIpc) is 2.33. The zero-order chi connectivity index (χ0) is 15.4. The lowest BCUT2D eigenvalue weighted by Gasteiger charge is -2.50. The molecule has 2 N–H and O–H groups in total. The number of likely N-dealkylation sites (N-methyl/N-ethyl adjacent to an activating group) is 3. The van der Waals surface area contributed by atoms with E-state index in [9.17, 15) is 5.11 Å². The van der Waals surface area contributed by atoms with E-state index in [0.29, 0.717) is 11.6 Å². The Kier molecular flexibility index (Phi) is 6.45. The highest BCUT2D eigenvalue weighted by molar-refractivity contribution is 4.99. The zero-order valence-electron chi connectivity index (χ0n) is 14.4. The number of aliphatic hydroxyl groups excluding tert-OH is 1. The van der Waals surface area contributed by atoms with Gasteiger partial charge in [0.25, 0.3) is 0 Å². The molecule has 1 rings (SSSR count). The first-order valence-electron chi connectivity index (χ1n) is 8.02. The standard InChI is InChI=1S/C16H35N3O/c1-7-17-15(3,13-20)11-14(2)19(6)12-16(18(4)5)9-8-10-16/h14,17,20H,7-13H2,1-6H3. The van der Waals surface area contributed by atoms with Crippen LogP contribution in [0.3, 0.4) is 0 Å². The van der Waals surface area contributed by atoms with Crippen molar-refractivity contribution in [1.82, 2.24) is 15.1 Å². The van der Waals surface area contributed by atoms with Gasteiger partial charge in [-0.1, -0.05) is 6.92 Å². The molecule has 0 amide bonds. The molecule has 1 aliphatic rings. The summed E-state index contributed by atoms with van der Waals surface area (Å²) in [4.78, 5) is 4.86. The van der Waals surface area contributed by atoms with E-state index >= 15 is 0 Å². The SMILES string of the molecule is CCNC(C)(CO)CC(C)N(C)CC1(N(C)C)CCC1. The summed E-state index contributed by atoms with van der Waals surface area (Å²) in [7, 11) is 6.63. The summed E-state index contributed by atoms with van der Waals surface area (Å²) in [6.07, 6.45) is 4.94. The van der Waals surface area contributed by atoms with Gasteiger partial charge in [-0.15, -0.1) is 0 Å². The van der Waals surface area contributed by atoms with Crippen LogP contribution in [0, 0.1) is 0 Å². The van der Waals surface area contributed by atoms with E-state index in [0.717, 1.165) is 19.5 Å². The van der Waals surface area contributed by atoms with Crippen molar-refractivity contribution in [2.24, 2.45) is 0 Å².